The van der Waals surface area contributed by atoms with Gasteiger partial charge in [0.15, 0.2) is 0 Å². The maximum Gasteiger partial charge on any atom is 0.254 e. The number of nitrogens with zero attached hydrogens (tertiary/aromatic N) is 3. The highest BCUT2D eigenvalue weighted by Gasteiger charge is 2.23. The Labute approximate surface area is 127 Å². The Bertz CT molecular complexity index is 762. The lowest BCUT2D eigenvalue weighted by molar-refractivity contribution is -0.131. The van der Waals surface area contributed by atoms with E-state index in [0.717, 1.165) is 17.8 Å². The summed E-state index contributed by atoms with van der Waals surface area (Å²) in [6.45, 7) is 4.86. The summed E-state index contributed by atoms with van der Waals surface area (Å²) in [5.74, 6) is 0.596. The fourth-order valence-corrected chi connectivity index (χ4v) is 2.73. The van der Waals surface area contributed by atoms with Gasteiger partial charge < -0.3 is 14.9 Å². The number of carbonyl (C=O) groups excluding carboxylic acids is 1. The summed E-state index contributed by atoms with van der Waals surface area (Å²) in [5.41, 5.74) is 2.87. The van der Waals surface area contributed by atoms with Crippen LogP contribution in [0.25, 0.3) is 0 Å². The Balaban J connectivity index is 1.77. The minimum absolute atomic E-state index is 0.0556. The molecule has 3 rings (SSSR count). The van der Waals surface area contributed by atoms with Crippen LogP contribution in [0.4, 0.5) is 0 Å². The lowest BCUT2D eigenvalue weighted by atomic mass is 10.1. The van der Waals surface area contributed by atoms with Crippen molar-refractivity contribution in [2.45, 2.75) is 39.7 Å². The topological polar surface area (TPSA) is 94.7 Å². The van der Waals surface area contributed by atoms with E-state index >= 15 is 0 Å². The van der Waals surface area contributed by atoms with Gasteiger partial charge in [-0.3, -0.25) is 9.59 Å². The molecule has 0 bridgehead atoms. The second kappa shape index (κ2) is 5.75. The van der Waals surface area contributed by atoms with Crippen LogP contribution in [0.3, 0.4) is 0 Å². The Kier molecular flexibility index (Phi) is 3.79. The van der Waals surface area contributed by atoms with Crippen molar-refractivity contribution in [1.29, 1.82) is 0 Å². The maximum atomic E-state index is 12.5. The van der Waals surface area contributed by atoms with Crippen molar-refractivity contribution in [2.24, 2.45) is 0 Å². The van der Waals surface area contributed by atoms with Gasteiger partial charge in [-0.1, -0.05) is 6.92 Å². The number of H-pyrrole nitrogens is 2. The molecule has 0 aliphatic carbocycles. The number of imidazole rings is 1. The van der Waals surface area contributed by atoms with Gasteiger partial charge in [-0.2, -0.15) is 0 Å². The second-order valence-electron chi connectivity index (χ2n) is 5.50. The number of hydrogen-bond donors (Lipinski definition) is 2. The van der Waals surface area contributed by atoms with E-state index in [0.29, 0.717) is 36.6 Å². The van der Waals surface area contributed by atoms with Gasteiger partial charge in [-0.15, -0.1) is 0 Å². The number of rotatable bonds is 3. The van der Waals surface area contributed by atoms with Crippen LogP contribution in [0.5, 0.6) is 0 Å². The summed E-state index contributed by atoms with van der Waals surface area (Å²) in [6.07, 6.45) is 3.15. The molecule has 3 heterocycles. The van der Waals surface area contributed by atoms with Gasteiger partial charge in [0.2, 0.25) is 5.91 Å². The second-order valence-corrected chi connectivity index (χ2v) is 5.50. The molecule has 1 aliphatic rings. The monoisotopic (exact) mass is 301 g/mol. The molecule has 7 heteroatoms. The minimum Gasteiger partial charge on any atom is -0.347 e. The predicted octanol–water partition coefficient (Wildman–Crippen LogP) is 0.491. The molecule has 0 radical (unpaired) electrons. The first-order valence-corrected chi connectivity index (χ1v) is 7.46. The van der Waals surface area contributed by atoms with Gasteiger partial charge in [-0.25, -0.2) is 9.97 Å². The molecule has 2 N–H and O–H groups in total. The molecule has 0 aromatic carbocycles. The third-order valence-electron chi connectivity index (χ3n) is 4.06. The zero-order valence-corrected chi connectivity index (χ0v) is 12.8. The van der Waals surface area contributed by atoms with Crippen LogP contribution < -0.4 is 5.56 Å². The number of aryl methyl sites for hydroxylation is 2. The molecule has 1 amide bonds. The van der Waals surface area contributed by atoms with Crippen LogP contribution in [-0.4, -0.2) is 37.3 Å². The smallest absolute Gasteiger partial charge is 0.254 e. The van der Waals surface area contributed by atoms with Crippen LogP contribution >= 0.6 is 0 Å². The number of carbonyl (C=O) groups is 1. The number of aromatic amines is 2. The average molecular weight is 301 g/mol. The minimum atomic E-state index is -0.211. The van der Waals surface area contributed by atoms with Crippen molar-refractivity contribution >= 4 is 5.91 Å². The first-order valence-electron chi connectivity index (χ1n) is 7.46. The van der Waals surface area contributed by atoms with Crippen LogP contribution in [0.2, 0.25) is 0 Å². The third-order valence-corrected chi connectivity index (χ3v) is 4.06. The summed E-state index contributed by atoms with van der Waals surface area (Å²) in [4.78, 5) is 40.7. The van der Waals surface area contributed by atoms with Gasteiger partial charge in [-0.05, 0) is 6.92 Å². The highest BCUT2D eigenvalue weighted by atomic mass is 16.2. The summed E-state index contributed by atoms with van der Waals surface area (Å²) in [6, 6.07) is 0. The molecule has 0 unspecified atom stereocenters. The van der Waals surface area contributed by atoms with Crippen molar-refractivity contribution in [1.82, 2.24) is 24.8 Å². The van der Waals surface area contributed by atoms with Crippen molar-refractivity contribution in [3.05, 3.63) is 45.2 Å². The Hall–Kier alpha value is -2.44. The maximum absolute atomic E-state index is 12.5. The molecule has 0 saturated heterocycles. The summed E-state index contributed by atoms with van der Waals surface area (Å²) in [5, 5.41) is 0. The predicted molar refractivity (Wildman–Crippen MR) is 80.4 cm³/mol. The van der Waals surface area contributed by atoms with Crippen LogP contribution in [0.1, 0.15) is 35.4 Å². The molecular formula is C15H19N5O2. The molecule has 116 valence electrons. The number of amides is 1. The molecule has 0 atom stereocenters. The van der Waals surface area contributed by atoms with E-state index in [1.807, 2.05) is 6.92 Å². The highest BCUT2D eigenvalue weighted by Crippen LogP contribution is 2.16. The van der Waals surface area contributed by atoms with Gasteiger partial charge in [0.1, 0.15) is 5.82 Å². The first kappa shape index (κ1) is 14.5. The number of aromatic nitrogens is 4. The number of fused-ring (bicyclic) bond motifs is 1. The summed E-state index contributed by atoms with van der Waals surface area (Å²) >= 11 is 0. The fraction of sp³-hybridized carbons (Fsp3) is 0.467. The molecule has 0 fully saturated rings. The summed E-state index contributed by atoms with van der Waals surface area (Å²) < 4.78 is 0. The summed E-state index contributed by atoms with van der Waals surface area (Å²) in [7, 11) is 0. The van der Waals surface area contributed by atoms with Crippen LogP contribution in [-0.2, 0) is 30.6 Å². The van der Waals surface area contributed by atoms with Gasteiger partial charge in [0.05, 0.1) is 30.7 Å². The van der Waals surface area contributed by atoms with E-state index in [9.17, 15) is 9.59 Å². The lowest BCUT2D eigenvalue weighted by Crippen LogP contribution is -2.38. The van der Waals surface area contributed by atoms with Crippen LogP contribution in [0, 0.1) is 6.92 Å². The highest BCUT2D eigenvalue weighted by molar-refractivity contribution is 5.79. The third kappa shape index (κ3) is 2.66. The van der Waals surface area contributed by atoms with E-state index in [1.54, 1.807) is 18.2 Å². The molecule has 1 aliphatic heterocycles. The van der Waals surface area contributed by atoms with Gasteiger partial charge in [0, 0.05) is 30.6 Å². The first-order chi connectivity index (χ1) is 10.6. The quantitative estimate of drug-likeness (QED) is 0.862. The van der Waals surface area contributed by atoms with E-state index < -0.39 is 0 Å². The standard InChI is InChI=1S/C15H19N5O2/c1-3-13-18-9(2)10(15(22)19-13)6-14(21)20-5-4-11-12(7-20)17-8-16-11/h8H,3-7H2,1-2H3,(H,16,17)(H,18,19,22). The van der Waals surface area contributed by atoms with E-state index in [1.165, 1.54) is 0 Å². The Morgan fingerprint density at radius 2 is 2.27 bits per heavy atom. The van der Waals surface area contributed by atoms with Crippen LogP contribution in [0.15, 0.2) is 11.1 Å². The molecular weight excluding hydrogens is 282 g/mol. The van der Waals surface area contributed by atoms with Crippen molar-refractivity contribution in [3.8, 4) is 0 Å². The molecule has 7 nitrogen and oxygen atoms in total. The lowest BCUT2D eigenvalue weighted by Gasteiger charge is -2.26. The Morgan fingerprint density at radius 3 is 3.00 bits per heavy atom. The number of hydrogen-bond acceptors (Lipinski definition) is 4. The molecule has 0 saturated carbocycles. The largest absolute Gasteiger partial charge is 0.347 e. The van der Waals surface area contributed by atoms with Gasteiger partial charge >= 0.3 is 0 Å². The molecule has 2 aromatic rings. The van der Waals surface area contributed by atoms with Gasteiger partial charge in [0.25, 0.3) is 5.56 Å². The molecule has 0 spiro atoms. The zero-order chi connectivity index (χ0) is 15.7. The van der Waals surface area contributed by atoms with E-state index in [2.05, 4.69) is 19.9 Å². The SMILES string of the molecule is CCc1nc(C)c(CC(=O)N2CCc3nc[nH]c3C2)c(=O)[nH]1. The van der Waals surface area contributed by atoms with Crippen molar-refractivity contribution < 1.29 is 4.79 Å². The van der Waals surface area contributed by atoms with Crippen molar-refractivity contribution in [2.75, 3.05) is 6.54 Å². The van der Waals surface area contributed by atoms with E-state index in [-0.39, 0.29) is 17.9 Å². The molecule has 22 heavy (non-hydrogen) atoms. The normalized spacial score (nSPS) is 14.0. The van der Waals surface area contributed by atoms with Crippen molar-refractivity contribution in [3.63, 3.8) is 0 Å². The molecule has 2 aromatic heterocycles. The zero-order valence-electron chi connectivity index (χ0n) is 12.8. The average Bonchev–Trinajstić information content (AvgIpc) is 2.97. The number of nitrogens with one attached hydrogen (secondary N) is 2. The van der Waals surface area contributed by atoms with E-state index in [4.69, 9.17) is 0 Å². The fourth-order valence-electron chi connectivity index (χ4n) is 2.73. The Morgan fingerprint density at radius 1 is 1.45 bits per heavy atom.